The summed E-state index contributed by atoms with van der Waals surface area (Å²) in [5.41, 5.74) is 3.47. The van der Waals surface area contributed by atoms with Crippen molar-refractivity contribution in [2.24, 2.45) is 11.8 Å². The lowest BCUT2D eigenvalue weighted by Crippen LogP contribution is -2.39. The minimum absolute atomic E-state index is 0.112. The van der Waals surface area contributed by atoms with E-state index < -0.39 is 12.2 Å². The molecule has 3 unspecified atom stereocenters. The molecule has 2 amide bonds. The van der Waals surface area contributed by atoms with Crippen LogP contribution in [0.1, 0.15) is 31.7 Å². The molecule has 0 saturated carbocycles. The van der Waals surface area contributed by atoms with E-state index in [2.05, 4.69) is 49.4 Å². The number of carbonyl (C=O) groups excluding carboxylic acids is 2. The number of ether oxygens (including phenoxy) is 1. The zero-order chi connectivity index (χ0) is 26.0. The Balaban J connectivity index is 1.51. The average molecular weight is 518 g/mol. The molecule has 1 heterocycles. The monoisotopic (exact) mass is 517 g/mol. The topological polar surface area (TPSA) is 66.8 Å². The summed E-state index contributed by atoms with van der Waals surface area (Å²) in [6, 6.07) is 28.8. The van der Waals surface area contributed by atoms with E-state index in [1.807, 2.05) is 42.5 Å². The first-order chi connectivity index (χ1) is 18.0. The fraction of sp³-hybridized carbons (Fsp3) is 0.355. The highest BCUT2D eigenvalue weighted by Crippen LogP contribution is 2.33. The number of hydrogen-bond donors (Lipinski definition) is 1. The molecule has 0 aliphatic carbocycles. The van der Waals surface area contributed by atoms with E-state index in [0.717, 1.165) is 35.3 Å². The van der Waals surface area contributed by atoms with Gasteiger partial charge in [0.1, 0.15) is 6.61 Å². The first-order valence-electron chi connectivity index (χ1n) is 13.0. The van der Waals surface area contributed by atoms with E-state index in [4.69, 9.17) is 4.74 Å². The second-order valence-corrected chi connectivity index (χ2v) is 10.6. The van der Waals surface area contributed by atoms with Gasteiger partial charge >= 0.3 is 6.09 Å². The number of amides is 2. The highest BCUT2D eigenvalue weighted by atomic mass is 32.2. The fourth-order valence-electron chi connectivity index (χ4n) is 5.01. The largest absolute Gasteiger partial charge is 0.447 e. The van der Waals surface area contributed by atoms with Crippen LogP contribution in [0.2, 0.25) is 0 Å². The van der Waals surface area contributed by atoms with Crippen molar-refractivity contribution in [3.05, 3.63) is 90.5 Å². The van der Waals surface area contributed by atoms with E-state index in [0.29, 0.717) is 5.75 Å². The highest BCUT2D eigenvalue weighted by molar-refractivity contribution is 7.99. The summed E-state index contributed by atoms with van der Waals surface area (Å²) >= 11 is 1.60. The van der Waals surface area contributed by atoms with Gasteiger partial charge in [0.15, 0.2) is 0 Å². The van der Waals surface area contributed by atoms with Gasteiger partial charge in [-0.2, -0.15) is 0 Å². The number of carbonyl (C=O) groups is 2. The van der Waals surface area contributed by atoms with Crippen molar-refractivity contribution in [2.75, 3.05) is 18.9 Å². The van der Waals surface area contributed by atoms with Gasteiger partial charge in [-0.05, 0) is 47.1 Å². The van der Waals surface area contributed by atoms with Crippen LogP contribution in [0.25, 0.3) is 11.1 Å². The van der Waals surface area contributed by atoms with Gasteiger partial charge in [-0.25, -0.2) is 9.69 Å². The Labute approximate surface area is 223 Å². The Kier molecular flexibility index (Phi) is 9.80. The molecule has 0 bridgehead atoms. The number of hydrogen-bond acceptors (Lipinski definition) is 5. The van der Waals surface area contributed by atoms with Crippen molar-refractivity contribution in [3.63, 3.8) is 0 Å². The third-order valence-corrected chi connectivity index (χ3v) is 8.03. The van der Waals surface area contributed by atoms with Crippen LogP contribution in [-0.2, 0) is 16.0 Å². The predicted octanol–water partition coefficient (Wildman–Crippen LogP) is 6.45. The van der Waals surface area contributed by atoms with E-state index >= 15 is 0 Å². The minimum atomic E-state index is -0.701. The Bertz CT molecular complexity index is 1150. The molecule has 3 atom stereocenters. The molecule has 6 heteroatoms. The third-order valence-electron chi connectivity index (χ3n) is 6.93. The number of cyclic esters (lactones) is 1. The molecule has 0 spiro atoms. The summed E-state index contributed by atoms with van der Waals surface area (Å²) in [7, 11) is 0. The van der Waals surface area contributed by atoms with Gasteiger partial charge in [0, 0.05) is 17.1 Å². The SMILES string of the molecule is CCCC(Cc1ccccc1)C(CC(=O)N1CCOC1=O)C(O)CSc1cccc(-c2ccccc2)c1. The molecule has 1 N–H and O–H groups in total. The van der Waals surface area contributed by atoms with Crippen molar-refractivity contribution in [3.8, 4) is 11.1 Å². The first-order valence-corrected chi connectivity index (χ1v) is 14.0. The lowest BCUT2D eigenvalue weighted by atomic mass is 9.78. The predicted molar refractivity (Wildman–Crippen MR) is 148 cm³/mol. The maximum absolute atomic E-state index is 13.1. The standard InChI is InChI=1S/C31H35NO4S/c1-2-10-26(19-23-11-5-3-6-12-23)28(21-30(34)32-17-18-36-31(32)35)29(33)22-37-27-16-9-15-25(20-27)24-13-7-4-8-14-24/h3-9,11-16,20,26,28-29,33H,2,10,17-19,21-22H2,1H3. The number of thioether (sulfide) groups is 1. The molecule has 1 saturated heterocycles. The van der Waals surface area contributed by atoms with Gasteiger partial charge in [-0.3, -0.25) is 4.79 Å². The maximum Gasteiger partial charge on any atom is 0.416 e. The zero-order valence-electron chi connectivity index (χ0n) is 21.3. The molecule has 3 aromatic rings. The van der Waals surface area contributed by atoms with Crippen LogP contribution < -0.4 is 0 Å². The van der Waals surface area contributed by atoms with Gasteiger partial charge in [0.25, 0.3) is 0 Å². The summed E-state index contributed by atoms with van der Waals surface area (Å²) in [6.45, 7) is 2.64. The molecule has 37 heavy (non-hydrogen) atoms. The van der Waals surface area contributed by atoms with Crippen molar-refractivity contribution >= 4 is 23.8 Å². The average Bonchev–Trinajstić information content (AvgIpc) is 3.37. The first kappa shape index (κ1) is 27.0. The summed E-state index contributed by atoms with van der Waals surface area (Å²) < 4.78 is 4.98. The number of imide groups is 1. The number of nitrogens with zero attached hydrogens (tertiary/aromatic N) is 1. The van der Waals surface area contributed by atoms with Crippen LogP contribution in [0.15, 0.2) is 89.8 Å². The van der Waals surface area contributed by atoms with Gasteiger partial charge in [-0.1, -0.05) is 92.6 Å². The van der Waals surface area contributed by atoms with Crippen molar-refractivity contribution in [2.45, 2.75) is 43.6 Å². The molecule has 3 aromatic carbocycles. The Morgan fingerprint density at radius 1 is 1.00 bits per heavy atom. The molecular weight excluding hydrogens is 482 g/mol. The second-order valence-electron chi connectivity index (χ2n) is 9.54. The molecule has 4 rings (SSSR count). The van der Waals surface area contributed by atoms with Crippen LogP contribution in [0.4, 0.5) is 4.79 Å². The summed E-state index contributed by atoms with van der Waals surface area (Å²) in [5.74, 6) is 0.0409. The van der Waals surface area contributed by atoms with E-state index in [-0.39, 0.29) is 37.3 Å². The van der Waals surface area contributed by atoms with Gasteiger partial charge in [-0.15, -0.1) is 11.8 Å². The molecule has 1 aliphatic rings. The lowest BCUT2D eigenvalue weighted by Gasteiger charge is -2.31. The number of rotatable bonds is 12. The van der Waals surface area contributed by atoms with E-state index in [9.17, 15) is 14.7 Å². The Morgan fingerprint density at radius 2 is 1.70 bits per heavy atom. The van der Waals surface area contributed by atoms with Gasteiger partial charge in [0.2, 0.25) is 5.91 Å². The van der Waals surface area contributed by atoms with Crippen LogP contribution in [0.5, 0.6) is 0 Å². The normalized spacial score (nSPS) is 15.7. The minimum Gasteiger partial charge on any atom is -0.447 e. The summed E-state index contributed by atoms with van der Waals surface area (Å²) in [4.78, 5) is 27.4. The smallest absolute Gasteiger partial charge is 0.416 e. The van der Waals surface area contributed by atoms with E-state index in [1.54, 1.807) is 11.8 Å². The van der Waals surface area contributed by atoms with Crippen LogP contribution in [-0.4, -0.2) is 47.0 Å². The molecule has 0 radical (unpaired) electrons. The van der Waals surface area contributed by atoms with E-state index in [1.165, 1.54) is 10.5 Å². The maximum atomic E-state index is 13.1. The fourth-order valence-corrected chi connectivity index (χ4v) is 6.00. The van der Waals surface area contributed by atoms with Crippen LogP contribution in [0.3, 0.4) is 0 Å². The molecular formula is C31H35NO4S. The number of aliphatic hydroxyl groups excluding tert-OH is 1. The van der Waals surface area contributed by atoms with Gasteiger partial charge < -0.3 is 9.84 Å². The lowest BCUT2D eigenvalue weighted by molar-refractivity contribution is -0.130. The van der Waals surface area contributed by atoms with Crippen LogP contribution >= 0.6 is 11.8 Å². The van der Waals surface area contributed by atoms with Crippen LogP contribution in [0, 0.1) is 11.8 Å². The molecule has 5 nitrogen and oxygen atoms in total. The second kappa shape index (κ2) is 13.5. The summed E-state index contributed by atoms with van der Waals surface area (Å²) in [6.07, 6.45) is 1.46. The Hall–Kier alpha value is -3.09. The third kappa shape index (κ3) is 7.46. The molecule has 0 aromatic heterocycles. The number of benzene rings is 3. The molecule has 194 valence electrons. The Morgan fingerprint density at radius 3 is 2.38 bits per heavy atom. The molecule has 1 fully saturated rings. The zero-order valence-corrected chi connectivity index (χ0v) is 22.1. The number of aliphatic hydroxyl groups is 1. The molecule has 1 aliphatic heterocycles. The highest BCUT2D eigenvalue weighted by Gasteiger charge is 2.35. The van der Waals surface area contributed by atoms with Crippen molar-refractivity contribution < 1.29 is 19.4 Å². The van der Waals surface area contributed by atoms with Gasteiger partial charge in [0.05, 0.1) is 12.6 Å². The van der Waals surface area contributed by atoms with Crippen molar-refractivity contribution in [1.82, 2.24) is 4.90 Å². The van der Waals surface area contributed by atoms with Crippen molar-refractivity contribution in [1.29, 1.82) is 0 Å². The quantitative estimate of drug-likeness (QED) is 0.280. The summed E-state index contributed by atoms with van der Waals surface area (Å²) in [5, 5.41) is 11.5.